The lowest BCUT2D eigenvalue weighted by Gasteiger charge is -2.18. The summed E-state index contributed by atoms with van der Waals surface area (Å²) in [5.41, 5.74) is -0.937. The van der Waals surface area contributed by atoms with Crippen molar-refractivity contribution >= 4 is 51.2 Å². The van der Waals surface area contributed by atoms with Crippen LogP contribution in [0.2, 0.25) is 5.02 Å². The zero-order valence-corrected chi connectivity index (χ0v) is 18.4. The van der Waals surface area contributed by atoms with Crippen LogP contribution in [0, 0.1) is 0 Å². The van der Waals surface area contributed by atoms with Crippen molar-refractivity contribution in [2.45, 2.75) is 12.3 Å². The van der Waals surface area contributed by atoms with Crippen molar-refractivity contribution < 1.29 is 31.9 Å². The van der Waals surface area contributed by atoms with Crippen LogP contribution < -0.4 is 5.32 Å². The fraction of sp³-hybridized carbons (Fsp3) is 0.0909. The SMILES string of the molecule is O=C(/C=C/c1ccc(Br)o1)O[C@@H](C(=O)Nc1cc(C(F)(F)F)ccc1Cl)c1ccccc1. The van der Waals surface area contributed by atoms with Gasteiger partial charge in [0, 0.05) is 11.6 Å². The highest BCUT2D eigenvalue weighted by Crippen LogP contribution is 2.34. The van der Waals surface area contributed by atoms with Crippen molar-refractivity contribution in [1.29, 1.82) is 0 Å². The summed E-state index contributed by atoms with van der Waals surface area (Å²) in [7, 11) is 0. The third kappa shape index (κ3) is 6.24. The maximum absolute atomic E-state index is 13.0. The van der Waals surface area contributed by atoms with Gasteiger partial charge in [0.1, 0.15) is 5.76 Å². The average molecular weight is 529 g/mol. The summed E-state index contributed by atoms with van der Waals surface area (Å²) in [6.07, 6.45) is -3.66. The molecule has 1 N–H and O–H groups in total. The van der Waals surface area contributed by atoms with E-state index in [0.717, 1.165) is 18.2 Å². The van der Waals surface area contributed by atoms with Gasteiger partial charge in [0.05, 0.1) is 16.3 Å². The number of alkyl halides is 3. The number of ether oxygens (including phenoxy) is 1. The minimum atomic E-state index is -4.62. The molecule has 2 aromatic carbocycles. The van der Waals surface area contributed by atoms with Gasteiger partial charge in [-0.05, 0) is 52.3 Å². The monoisotopic (exact) mass is 527 g/mol. The molecule has 0 spiro atoms. The van der Waals surface area contributed by atoms with E-state index in [1.54, 1.807) is 42.5 Å². The van der Waals surface area contributed by atoms with E-state index in [1.807, 2.05) is 0 Å². The van der Waals surface area contributed by atoms with Gasteiger partial charge in [-0.15, -0.1) is 0 Å². The molecule has 0 unspecified atom stereocenters. The van der Waals surface area contributed by atoms with Crippen molar-refractivity contribution in [1.82, 2.24) is 0 Å². The molecule has 0 fully saturated rings. The van der Waals surface area contributed by atoms with Crippen molar-refractivity contribution in [3.8, 4) is 0 Å². The van der Waals surface area contributed by atoms with E-state index >= 15 is 0 Å². The molecule has 0 bridgehead atoms. The van der Waals surface area contributed by atoms with Gasteiger partial charge in [-0.1, -0.05) is 41.9 Å². The Bertz CT molecular complexity index is 1150. The Morgan fingerprint density at radius 2 is 1.81 bits per heavy atom. The van der Waals surface area contributed by atoms with Crippen molar-refractivity contribution in [2.24, 2.45) is 0 Å². The summed E-state index contributed by atoms with van der Waals surface area (Å²) in [6.45, 7) is 0. The number of esters is 1. The third-order valence-electron chi connectivity index (χ3n) is 4.10. The Kier molecular flexibility index (Phi) is 7.42. The van der Waals surface area contributed by atoms with Crippen LogP contribution in [0.1, 0.15) is 23.0 Å². The molecule has 3 rings (SSSR count). The van der Waals surface area contributed by atoms with Crippen LogP contribution in [-0.4, -0.2) is 11.9 Å². The third-order valence-corrected chi connectivity index (χ3v) is 4.86. The molecule has 0 aliphatic carbocycles. The zero-order chi connectivity index (χ0) is 23.3. The van der Waals surface area contributed by atoms with Gasteiger partial charge >= 0.3 is 12.1 Å². The second kappa shape index (κ2) is 10.1. The molecule has 166 valence electrons. The van der Waals surface area contributed by atoms with Crippen LogP contribution >= 0.6 is 27.5 Å². The summed E-state index contributed by atoms with van der Waals surface area (Å²) in [4.78, 5) is 25.2. The summed E-state index contributed by atoms with van der Waals surface area (Å²) < 4.78 is 50.0. The molecule has 1 atom stereocenters. The summed E-state index contributed by atoms with van der Waals surface area (Å²) in [5, 5.41) is 2.20. The number of nitrogens with one attached hydrogen (secondary N) is 1. The molecule has 5 nitrogen and oxygen atoms in total. The Hall–Kier alpha value is -3.04. The van der Waals surface area contributed by atoms with Gasteiger partial charge in [0.25, 0.3) is 5.91 Å². The molecule has 0 saturated heterocycles. The van der Waals surface area contributed by atoms with Gasteiger partial charge in [-0.25, -0.2) is 4.79 Å². The van der Waals surface area contributed by atoms with Gasteiger partial charge in [-0.2, -0.15) is 13.2 Å². The first-order valence-corrected chi connectivity index (χ1v) is 10.2. The number of carbonyl (C=O) groups excluding carboxylic acids is 2. The normalized spacial score (nSPS) is 12.5. The Morgan fingerprint density at radius 3 is 2.44 bits per heavy atom. The molecule has 1 amide bonds. The van der Waals surface area contributed by atoms with Crippen LogP contribution in [0.3, 0.4) is 0 Å². The van der Waals surface area contributed by atoms with Crippen LogP contribution in [0.25, 0.3) is 6.08 Å². The maximum atomic E-state index is 13.0. The van der Waals surface area contributed by atoms with E-state index in [1.165, 1.54) is 6.08 Å². The Morgan fingerprint density at radius 1 is 1.09 bits per heavy atom. The molecular weight excluding hydrogens is 515 g/mol. The first kappa shape index (κ1) is 23.6. The second-order valence-electron chi connectivity index (χ2n) is 6.38. The highest BCUT2D eigenvalue weighted by Gasteiger charge is 2.32. The predicted molar refractivity (Wildman–Crippen MR) is 116 cm³/mol. The van der Waals surface area contributed by atoms with Gasteiger partial charge < -0.3 is 14.5 Å². The Labute approximate surface area is 193 Å². The molecule has 0 aliphatic heterocycles. The average Bonchev–Trinajstić information content (AvgIpc) is 3.17. The predicted octanol–water partition coefficient (Wildman–Crippen LogP) is 6.65. The van der Waals surface area contributed by atoms with E-state index in [-0.39, 0.29) is 10.7 Å². The molecule has 3 aromatic rings. The highest BCUT2D eigenvalue weighted by atomic mass is 79.9. The van der Waals surface area contributed by atoms with Crippen LogP contribution in [0.5, 0.6) is 0 Å². The first-order valence-electron chi connectivity index (χ1n) is 9.00. The lowest BCUT2D eigenvalue weighted by Crippen LogP contribution is -2.25. The maximum Gasteiger partial charge on any atom is 0.416 e. The lowest BCUT2D eigenvalue weighted by atomic mass is 10.1. The highest BCUT2D eigenvalue weighted by molar-refractivity contribution is 9.10. The lowest BCUT2D eigenvalue weighted by molar-refractivity contribution is -0.149. The zero-order valence-electron chi connectivity index (χ0n) is 16.0. The number of hydrogen-bond acceptors (Lipinski definition) is 4. The van der Waals surface area contributed by atoms with Gasteiger partial charge in [0.2, 0.25) is 6.10 Å². The molecule has 0 radical (unpaired) electrons. The number of furan rings is 1. The van der Waals surface area contributed by atoms with Gasteiger partial charge in [0.15, 0.2) is 4.67 Å². The van der Waals surface area contributed by atoms with Crippen molar-refractivity contribution in [2.75, 3.05) is 5.32 Å². The Balaban J connectivity index is 1.82. The van der Waals surface area contributed by atoms with Gasteiger partial charge in [-0.3, -0.25) is 4.79 Å². The molecule has 0 saturated carbocycles. The van der Waals surface area contributed by atoms with E-state index in [0.29, 0.717) is 22.1 Å². The number of rotatable bonds is 6. The molecule has 1 heterocycles. The quantitative estimate of drug-likeness (QED) is 0.287. The fourth-order valence-electron chi connectivity index (χ4n) is 2.62. The fourth-order valence-corrected chi connectivity index (χ4v) is 3.10. The van der Waals surface area contributed by atoms with Crippen LogP contribution in [0.4, 0.5) is 18.9 Å². The van der Waals surface area contributed by atoms with Crippen molar-refractivity contribution in [3.63, 3.8) is 0 Å². The summed E-state index contributed by atoms with van der Waals surface area (Å²) in [6, 6.07) is 13.8. The summed E-state index contributed by atoms with van der Waals surface area (Å²) >= 11 is 9.08. The first-order chi connectivity index (χ1) is 15.1. The molecule has 0 aliphatic rings. The minimum Gasteiger partial charge on any atom is -0.450 e. The molecule has 32 heavy (non-hydrogen) atoms. The van der Waals surface area contributed by atoms with Crippen LogP contribution in [-0.2, 0) is 20.5 Å². The summed E-state index contributed by atoms with van der Waals surface area (Å²) in [5.74, 6) is -1.37. The van der Waals surface area contributed by atoms with E-state index in [9.17, 15) is 22.8 Å². The molecule has 10 heteroatoms. The number of carbonyl (C=O) groups is 2. The smallest absolute Gasteiger partial charge is 0.416 e. The number of amides is 1. The van der Waals surface area contributed by atoms with E-state index < -0.39 is 29.7 Å². The largest absolute Gasteiger partial charge is 0.450 e. The number of anilines is 1. The molecule has 1 aromatic heterocycles. The minimum absolute atomic E-state index is 0.104. The molecular formula is C22H14BrClF3NO4. The van der Waals surface area contributed by atoms with E-state index in [4.69, 9.17) is 20.8 Å². The second-order valence-corrected chi connectivity index (χ2v) is 7.57. The number of benzene rings is 2. The number of hydrogen-bond donors (Lipinski definition) is 1. The number of halogens is 5. The standard InChI is InChI=1S/C22H14BrClF3NO4/c23-18-10-7-15(31-18)8-11-19(29)32-20(13-4-2-1-3-5-13)21(30)28-17-12-14(22(25,26)27)6-9-16(17)24/h1-12,20H,(H,28,30)/b11-8+/t20-/m1/s1. The topological polar surface area (TPSA) is 68.5 Å². The van der Waals surface area contributed by atoms with Crippen LogP contribution in [0.15, 0.2) is 75.8 Å². The van der Waals surface area contributed by atoms with Crippen molar-refractivity contribution in [3.05, 3.63) is 93.3 Å². The van der Waals surface area contributed by atoms with E-state index in [2.05, 4.69) is 21.2 Å².